The highest BCUT2D eigenvalue weighted by Gasteiger charge is 2.31. The second-order valence-corrected chi connectivity index (χ2v) is 5.32. The standard InChI is InChI=1S/C12H15N3OS/c1-13-9-5-2-4-8(9)11-14-12(16-15-11)10-6-3-7-17-10/h3,6-9,13H,2,4-5H2,1H3/t8-,9+/m0/s1. The summed E-state index contributed by atoms with van der Waals surface area (Å²) in [6, 6.07) is 4.49. The van der Waals surface area contributed by atoms with Gasteiger partial charge in [0.25, 0.3) is 5.89 Å². The lowest BCUT2D eigenvalue weighted by Gasteiger charge is -2.14. The van der Waals surface area contributed by atoms with Gasteiger partial charge in [0.1, 0.15) is 0 Å². The average Bonchev–Trinajstić information content (AvgIpc) is 3.09. The first-order chi connectivity index (χ1) is 8.38. The third kappa shape index (κ3) is 2.00. The number of hydrogen-bond acceptors (Lipinski definition) is 5. The normalized spacial score (nSPS) is 24.3. The number of rotatable bonds is 3. The molecule has 0 bridgehead atoms. The molecule has 0 saturated heterocycles. The summed E-state index contributed by atoms with van der Waals surface area (Å²) in [5, 5.41) is 9.49. The number of aromatic nitrogens is 2. The molecule has 0 aliphatic heterocycles. The Labute approximate surface area is 104 Å². The van der Waals surface area contributed by atoms with E-state index in [0.717, 1.165) is 17.1 Å². The van der Waals surface area contributed by atoms with Crippen LogP contribution in [0.3, 0.4) is 0 Å². The summed E-state index contributed by atoms with van der Waals surface area (Å²) < 4.78 is 5.34. The molecule has 3 rings (SSSR count). The van der Waals surface area contributed by atoms with E-state index in [1.807, 2.05) is 24.6 Å². The summed E-state index contributed by atoms with van der Waals surface area (Å²) in [4.78, 5) is 5.57. The number of likely N-dealkylation sites (N-methyl/N-ethyl adjacent to an activating group) is 1. The zero-order valence-electron chi connectivity index (χ0n) is 9.72. The number of hydrogen-bond donors (Lipinski definition) is 1. The molecular weight excluding hydrogens is 234 g/mol. The van der Waals surface area contributed by atoms with Gasteiger partial charge in [0, 0.05) is 12.0 Å². The van der Waals surface area contributed by atoms with Crippen LogP contribution in [0.25, 0.3) is 10.8 Å². The van der Waals surface area contributed by atoms with Crippen LogP contribution in [0.5, 0.6) is 0 Å². The van der Waals surface area contributed by atoms with Crippen molar-refractivity contribution in [3.63, 3.8) is 0 Å². The van der Waals surface area contributed by atoms with Crippen LogP contribution in [0.2, 0.25) is 0 Å². The lowest BCUT2D eigenvalue weighted by molar-refractivity contribution is 0.406. The molecule has 2 aromatic rings. The van der Waals surface area contributed by atoms with E-state index in [2.05, 4.69) is 15.5 Å². The molecule has 1 aliphatic carbocycles. The van der Waals surface area contributed by atoms with Crippen molar-refractivity contribution in [2.45, 2.75) is 31.2 Å². The summed E-state index contributed by atoms with van der Waals surface area (Å²) in [6.45, 7) is 0. The molecule has 17 heavy (non-hydrogen) atoms. The molecule has 1 saturated carbocycles. The first kappa shape index (κ1) is 10.9. The molecule has 0 unspecified atom stereocenters. The summed E-state index contributed by atoms with van der Waals surface area (Å²) in [5.74, 6) is 1.90. The maximum absolute atomic E-state index is 5.34. The van der Waals surface area contributed by atoms with Gasteiger partial charge >= 0.3 is 0 Å². The van der Waals surface area contributed by atoms with E-state index in [0.29, 0.717) is 17.9 Å². The third-order valence-electron chi connectivity index (χ3n) is 3.39. The van der Waals surface area contributed by atoms with Gasteiger partial charge in [0.2, 0.25) is 0 Å². The minimum atomic E-state index is 0.400. The van der Waals surface area contributed by atoms with Gasteiger partial charge in [-0.25, -0.2) is 0 Å². The molecule has 0 amide bonds. The monoisotopic (exact) mass is 249 g/mol. The SMILES string of the molecule is CN[C@@H]1CCC[C@@H]1c1noc(-c2cccs2)n1. The molecule has 4 nitrogen and oxygen atoms in total. The van der Waals surface area contributed by atoms with Crippen molar-refractivity contribution in [3.8, 4) is 10.8 Å². The van der Waals surface area contributed by atoms with Gasteiger partial charge in [-0.15, -0.1) is 11.3 Å². The Hall–Kier alpha value is -1.20. The van der Waals surface area contributed by atoms with Crippen LogP contribution in [0.4, 0.5) is 0 Å². The fraction of sp³-hybridized carbons (Fsp3) is 0.500. The molecular formula is C12H15N3OS. The third-order valence-corrected chi connectivity index (χ3v) is 4.25. The largest absolute Gasteiger partial charge is 0.333 e. The summed E-state index contributed by atoms with van der Waals surface area (Å²) >= 11 is 1.63. The van der Waals surface area contributed by atoms with E-state index in [-0.39, 0.29) is 0 Å². The smallest absolute Gasteiger partial charge is 0.267 e. The summed E-state index contributed by atoms with van der Waals surface area (Å²) in [5.41, 5.74) is 0. The van der Waals surface area contributed by atoms with Crippen molar-refractivity contribution >= 4 is 11.3 Å². The predicted octanol–water partition coefficient (Wildman–Crippen LogP) is 2.65. The fourth-order valence-electron chi connectivity index (χ4n) is 2.50. The molecule has 90 valence electrons. The maximum Gasteiger partial charge on any atom is 0.267 e. The minimum Gasteiger partial charge on any atom is -0.333 e. The summed E-state index contributed by atoms with van der Waals surface area (Å²) in [6.07, 6.45) is 3.58. The van der Waals surface area contributed by atoms with Gasteiger partial charge in [0.15, 0.2) is 5.82 Å². The Balaban J connectivity index is 1.85. The van der Waals surface area contributed by atoms with Crippen LogP contribution in [0.15, 0.2) is 22.0 Å². The molecule has 0 spiro atoms. The van der Waals surface area contributed by atoms with Gasteiger partial charge in [-0.1, -0.05) is 17.6 Å². The zero-order valence-corrected chi connectivity index (χ0v) is 10.5. The van der Waals surface area contributed by atoms with Gasteiger partial charge < -0.3 is 9.84 Å². The van der Waals surface area contributed by atoms with Crippen LogP contribution < -0.4 is 5.32 Å². The van der Waals surface area contributed by atoms with Crippen LogP contribution in [0, 0.1) is 0 Å². The molecule has 1 aliphatic rings. The van der Waals surface area contributed by atoms with Crippen LogP contribution in [0.1, 0.15) is 31.0 Å². The highest BCUT2D eigenvalue weighted by molar-refractivity contribution is 7.13. The lowest BCUT2D eigenvalue weighted by atomic mass is 10.0. The predicted molar refractivity (Wildman–Crippen MR) is 67.1 cm³/mol. The average molecular weight is 249 g/mol. The highest BCUT2D eigenvalue weighted by atomic mass is 32.1. The number of thiophene rings is 1. The molecule has 0 radical (unpaired) electrons. The number of nitrogens with one attached hydrogen (secondary N) is 1. The molecule has 1 N–H and O–H groups in total. The minimum absolute atomic E-state index is 0.400. The van der Waals surface area contributed by atoms with Gasteiger partial charge in [-0.2, -0.15) is 4.98 Å². The van der Waals surface area contributed by atoms with E-state index in [9.17, 15) is 0 Å². The van der Waals surface area contributed by atoms with Gasteiger partial charge in [-0.3, -0.25) is 0 Å². The summed E-state index contributed by atoms with van der Waals surface area (Å²) in [7, 11) is 2.00. The Morgan fingerprint density at radius 1 is 1.47 bits per heavy atom. The molecule has 2 atom stereocenters. The van der Waals surface area contributed by atoms with Gasteiger partial charge in [-0.05, 0) is 31.3 Å². The van der Waals surface area contributed by atoms with Crippen molar-refractivity contribution in [2.24, 2.45) is 0 Å². The van der Waals surface area contributed by atoms with Crippen molar-refractivity contribution in [2.75, 3.05) is 7.05 Å². The number of nitrogens with zero attached hydrogens (tertiary/aromatic N) is 2. The van der Waals surface area contributed by atoms with Crippen LogP contribution in [-0.4, -0.2) is 23.2 Å². The zero-order chi connectivity index (χ0) is 11.7. The highest BCUT2D eigenvalue weighted by Crippen LogP contribution is 2.34. The van der Waals surface area contributed by atoms with E-state index in [1.54, 1.807) is 11.3 Å². The molecule has 5 heteroatoms. The van der Waals surface area contributed by atoms with Crippen molar-refractivity contribution in [1.29, 1.82) is 0 Å². The fourth-order valence-corrected chi connectivity index (χ4v) is 3.15. The molecule has 0 aromatic carbocycles. The molecule has 1 fully saturated rings. The quantitative estimate of drug-likeness (QED) is 0.908. The Morgan fingerprint density at radius 2 is 2.41 bits per heavy atom. The van der Waals surface area contributed by atoms with Crippen LogP contribution >= 0.6 is 11.3 Å². The van der Waals surface area contributed by atoms with E-state index >= 15 is 0 Å². The lowest BCUT2D eigenvalue weighted by Crippen LogP contribution is -2.28. The van der Waals surface area contributed by atoms with Crippen molar-refractivity contribution < 1.29 is 4.52 Å². The Morgan fingerprint density at radius 3 is 3.18 bits per heavy atom. The maximum atomic E-state index is 5.34. The Kier molecular flexibility index (Phi) is 2.94. The molecule has 2 aromatic heterocycles. The first-order valence-electron chi connectivity index (χ1n) is 5.93. The van der Waals surface area contributed by atoms with Gasteiger partial charge in [0.05, 0.1) is 4.88 Å². The topological polar surface area (TPSA) is 51.0 Å². The van der Waals surface area contributed by atoms with E-state index in [4.69, 9.17) is 4.52 Å². The van der Waals surface area contributed by atoms with Crippen molar-refractivity contribution in [3.05, 3.63) is 23.3 Å². The second-order valence-electron chi connectivity index (χ2n) is 4.37. The second kappa shape index (κ2) is 4.58. The van der Waals surface area contributed by atoms with Crippen LogP contribution in [-0.2, 0) is 0 Å². The Bertz CT molecular complexity index is 480. The molecule has 2 heterocycles. The van der Waals surface area contributed by atoms with Crippen molar-refractivity contribution in [1.82, 2.24) is 15.5 Å². The van der Waals surface area contributed by atoms with E-state index in [1.165, 1.54) is 12.8 Å². The first-order valence-corrected chi connectivity index (χ1v) is 6.81. The van der Waals surface area contributed by atoms with E-state index < -0.39 is 0 Å².